The maximum atomic E-state index is 11.3. The van der Waals surface area contributed by atoms with Crippen molar-refractivity contribution in [3.8, 4) is 5.75 Å². The van der Waals surface area contributed by atoms with Crippen molar-refractivity contribution in [3.05, 3.63) is 29.3 Å². The second kappa shape index (κ2) is 5.71. The van der Waals surface area contributed by atoms with Crippen molar-refractivity contribution in [2.75, 3.05) is 19.3 Å². The first-order valence-corrected chi connectivity index (χ1v) is 8.39. The van der Waals surface area contributed by atoms with Gasteiger partial charge in [0.1, 0.15) is 11.4 Å². The highest BCUT2D eigenvalue weighted by Crippen LogP contribution is 2.35. The third kappa shape index (κ3) is 3.94. The summed E-state index contributed by atoms with van der Waals surface area (Å²) in [4.78, 5) is 0. The third-order valence-electron chi connectivity index (χ3n) is 3.32. The lowest BCUT2D eigenvalue weighted by Crippen LogP contribution is -2.29. The Kier molecular flexibility index (Phi) is 4.36. The van der Waals surface area contributed by atoms with Gasteiger partial charge in [-0.1, -0.05) is 12.1 Å². The largest absolute Gasteiger partial charge is 0.487 e. The monoisotopic (exact) mass is 298 g/mol. The summed E-state index contributed by atoms with van der Waals surface area (Å²) in [5, 5.41) is 3.14. The molecule has 1 aromatic carbocycles. The van der Waals surface area contributed by atoms with Crippen LogP contribution in [-0.4, -0.2) is 33.4 Å². The molecule has 0 aromatic heterocycles. The number of fused-ring (bicyclic) bond motifs is 1. The minimum atomic E-state index is -3.13. The smallest absolute Gasteiger partial charge is 0.212 e. The van der Waals surface area contributed by atoms with Crippen LogP contribution in [0.4, 0.5) is 0 Å². The van der Waals surface area contributed by atoms with E-state index in [1.165, 1.54) is 12.6 Å². The van der Waals surface area contributed by atoms with Crippen LogP contribution in [0.25, 0.3) is 0 Å². The summed E-state index contributed by atoms with van der Waals surface area (Å²) in [7, 11) is -1.70. The zero-order chi connectivity index (χ0) is 14.8. The van der Waals surface area contributed by atoms with Gasteiger partial charge < -0.3 is 10.1 Å². The van der Waals surface area contributed by atoms with Gasteiger partial charge in [-0.3, -0.25) is 0 Å². The molecular weight excluding hydrogens is 276 g/mol. The summed E-state index contributed by atoms with van der Waals surface area (Å²) in [6.45, 7) is 5.25. The average Bonchev–Trinajstić information content (AvgIpc) is 2.68. The Morgan fingerprint density at radius 2 is 2.10 bits per heavy atom. The van der Waals surface area contributed by atoms with Gasteiger partial charge in [0.05, 0.1) is 5.75 Å². The fraction of sp³-hybridized carbons (Fsp3) is 0.571. The molecule has 0 aliphatic carbocycles. The summed E-state index contributed by atoms with van der Waals surface area (Å²) in [6.07, 6.45) is 0.907. The Hall–Kier alpha value is -1.11. The van der Waals surface area contributed by atoms with Crippen LogP contribution in [0.2, 0.25) is 0 Å². The van der Waals surface area contributed by atoms with E-state index in [0.29, 0.717) is 13.1 Å². The van der Waals surface area contributed by atoms with Crippen LogP contribution in [0.15, 0.2) is 18.2 Å². The molecular formula is C14H22N2O3S. The van der Waals surface area contributed by atoms with Crippen LogP contribution in [-0.2, 0) is 23.0 Å². The van der Waals surface area contributed by atoms with Crippen molar-refractivity contribution < 1.29 is 13.2 Å². The van der Waals surface area contributed by atoms with E-state index in [2.05, 4.69) is 30.0 Å². The first kappa shape index (κ1) is 15.3. The van der Waals surface area contributed by atoms with Crippen LogP contribution in [0.3, 0.4) is 0 Å². The van der Waals surface area contributed by atoms with Crippen molar-refractivity contribution in [3.63, 3.8) is 0 Å². The van der Waals surface area contributed by atoms with Gasteiger partial charge in [0.15, 0.2) is 0 Å². The summed E-state index contributed by atoms with van der Waals surface area (Å²) in [5.41, 5.74) is 2.24. The van der Waals surface area contributed by atoms with Gasteiger partial charge in [-0.2, -0.15) is 0 Å². The normalized spacial score (nSPS) is 16.8. The topological polar surface area (TPSA) is 67.4 Å². The quantitative estimate of drug-likeness (QED) is 0.770. The number of benzene rings is 1. The molecule has 0 atom stereocenters. The number of rotatable bonds is 6. The summed E-state index contributed by atoms with van der Waals surface area (Å²) in [5.74, 6) is 1.04. The van der Waals surface area contributed by atoms with E-state index in [1.807, 2.05) is 12.1 Å². The van der Waals surface area contributed by atoms with Crippen molar-refractivity contribution in [1.29, 1.82) is 0 Å². The van der Waals surface area contributed by atoms with Gasteiger partial charge >= 0.3 is 0 Å². The van der Waals surface area contributed by atoms with Crippen molar-refractivity contribution >= 4 is 10.0 Å². The van der Waals surface area contributed by atoms with Gasteiger partial charge in [0.2, 0.25) is 10.0 Å². The molecule has 6 heteroatoms. The average molecular weight is 298 g/mol. The zero-order valence-electron chi connectivity index (χ0n) is 12.2. The fourth-order valence-electron chi connectivity index (χ4n) is 2.31. The minimum absolute atomic E-state index is 0.0879. The Morgan fingerprint density at radius 3 is 2.80 bits per heavy atom. The maximum Gasteiger partial charge on any atom is 0.212 e. The number of sulfonamides is 1. The Labute approximate surface area is 120 Å². The first-order chi connectivity index (χ1) is 9.31. The van der Waals surface area contributed by atoms with E-state index in [-0.39, 0.29) is 11.4 Å². The Bertz CT molecular complexity index is 582. The van der Waals surface area contributed by atoms with Crippen LogP contribution in [0, 0.1) is 0 Å². The van der Waals surface area contributed by atoms with E-state index >= 15 is 0 Å². The number of nitrogens with one attached hydrogen (secondary N) is 2. The standard InChI is InChI=1S/C14H22N2O3S/c1-14(2)9-12-8-11(4-5-13(12)19-14)10-16-6-7-20(17,18)15-3/h4-5,8,15-16H,6-7,9-10H2,1-3H3. The third-order valence-corrected chi connectivity index (χ3v) is 4.68. The van der Waals surface area contributed by atoms with E-state index < -0.39 is 10.0 Å². The molecule has 1 heterocycles. The molecule has 0 saturated carbocycles. The fourth-order valence-corrected chi connectivity index (χ4v) is 2.93. The molecule has 0 radical (unpaired) electrons. The molecule has 112 valence electrons. The number of ether oxygens (including phenoxy) is 1. The SMILES string of the molecule is CNS(=O)(=O)CCNCc1ccc2c(c1)CC(C)(C)O2. The van der Waals surface area contributed by atoms with Gasteiger partial charge in [0.25, 0.3) is 0 Å². The lowest BCUT2D eigenvalue weighted by atomic mass is 10.0. The molecule has 0 saturated heterocycles. The number of hydrogen-bond donors (Lipinski definition) is 2. The van der Waals surface area contributed by atoms with Crippen LogP contribution in [0.5, 0.6) is 5.75 Å². The highest BCUT2D eigenvalue weighted by Gasteiger charge is 2.29. The van der Waals surface area contributed by atoms with Crippen LogP contribution in [0.1, 0.15) is 25.0 Å². The lowest BCUT2D eigenvalue weighted by Gasteiger charge is -2.16. The van der Waals surface area contributed by atoms with E-state index in [9.17, 15) is 8.42 Å². The molecule has 0 fully saturated rings. The molecule has 2 rings (SSSR count). The molecule has 20 heavy (non-hydrogen) atoms. The molecule has 2 N–H and O–H groups in total. The molecule has 5 nitrogen and oxygen atoms in total. The predicted octanol–water partition coefficient (Wildman–Crippen LogP) is 1.04. The van der Waals surface area contributed by atoms with Crippen molar-refractivity contribution in [2.45, 2.75) is 32.4 Å². The van der Waals surface area contributed by atoms with E-state index in [0.717, 1.165) is 17.7 Å². The highest BCUT2D eigenvalue weighted by molar-refractivity contribution is 7.89. The summed E-state index contributed by atoms with van der Waals surface area (Å²) < 4.78 is 30.7. The van der Waals surface area contributed by atoms with Gasteiger partial charge in [-0.25, -0.2) is 13.1 Å². The zero-order valence-corrected chi connectivity index (χ0v) is 13.0. The van der Waals surface area contributed by atoms with E-state index in [4.69, 9.17) is 4.74 Å². The van der Waals surface area contributed by atoms with E-state index in [1.54, 1.807) is 0 Å². The first-order valence-electron chi connectivity index (χ1n) is 6.74. The predicted molar refractivity (Wildman–Crippen MR) is 79.4 cm³/mol. The molecule has 1 aliphatic rings. The Balaban J connectivity index is 1.87. The maximum absolute atomic E-state index is 11.3. The molecule has 0 bridgehead atoms. The van der Waals surface area contributed by atoms with Gasteiger partial charge in [-0.15, -0.1) is 0 Å². The second-order valence-electron chi connectivity index (χ2n) is 5.68. The molecule has 1 aliphatic heterocycles. The van der Waals surface area contributed by atoms with Crippen LogP contribution >= 0.6 is 0 Å². The lowest BCUT2D eigenvalue weighted by molar-refractivity contribution is 0.138. The second-order valence-corrected chi connectivity index (χ2v) is 7.73. The molecule has 0 amide bonds. The Morgan fingerprint density at radius 1 is 1.35 bits per heavy atom. The minimum Gasteiger partial charge on any atom is -0.487 e. The summed E-state index contributed by atoms with van der Waals surface area (Å²) in [6, 6.07) is 6.13. The van der Waals surface area contributed by atoms with Gasteiger partial charge in [0, 0.05) is 19.5 Å². The summed E-state index contributed by atoms with van der Waals surface area (Å²) >= 11 is 0. The molecule has 0 spiro atoms. The van der Waals surface area contributed by atoms with Crippen molar-refractivity contribution in [2.24, 2.45) is 0 Å². The molecule has 1 aromatic rings. The molecule has 0 unspecified atom stereocenters. The highest BCUT2D eigenvalue weighted by atomic mass is 32.2. The van der Waals surface area contributed by atoms with Gasteiger partial charge in [-0.05, 0) is 38.1 Å². The van der Waals surface area contributed by atoms with Crippen molar-refractivity contribution in [1.82, 2.24) is 10.0 Å². The van der Waals surface area contributed by atoms with Crippen LogP contribution < -0.4 is 14.8 Å². The number of hydrogen-bond acceptors (Lipinski definition) is 4.